The highest BCUT2D eigenvalue weighted by Crippen LogP contribution is 2.22. The zero-order valence-electron chi connectivity index (χ0n) is 14.5. The topological polar surface area (TPSA) is 80.6 Å². The fraction of sp³-hybridized carbons (Fsp3) is 0.105. The Morgan fingerprint density at radius 2 is 2.00 bits per heavy atom. The maximum Gasteiger partial charge on any atom is 0.137 e. The second-order valence-corrected chi connectivity index (χ2v) is 8.22. The molecule has 0 aliphatic carbocycles. The van der Waals surface area contributed by atoms with Gasteiger partial charge in [0.1, 0.15) is 10.7 Å². The Bertz CT molecular complexity index is 1100. The summed E-state index contributed by atoms with van der Waals surface area (Å²) in [6.45, 7) is 1.92. The second-order valence-electron chi connectivity index (χ2n) is 6.09. The third-order valence-electron chi connectivity index (χ3n) is 3.97. The molecule has 0 saturated carbocycles. The Kier molecular flexibility index (Phi) is 5.19. The quantitative estimate of drug-likeness (QED) is 0.246. The third-order valence-corrected chi connectivity index (χ3v) is 5.41. The minimum absolute atomic E-state index is 0.0630. The molecule has 27 heavy (non-hydrogen) atoms. The summed E-state index contributed by atoms with van der Waals surface area (Å²) in [5.74, 6) is 0. The van der Waals surface area contributed by atoms with Crippen LogP contribution in [-0.2, 0) is 0 Å². The van der Waals surface area contributed by atoms with Gasteiger partial charge < -0.3 is 10.1 Å². The summed E-state index contributed by atoms with van der Waals surface area (Å²) in [4.78, 5) is 9.08. The van der Waals surface area contributed by atoms with Crippen LogP contribution >= 0.6 is 33.9 Å². The van der Waals surface area contributed by atoms with Crippen LogP contribution in [0.1, 0.15) is 23.7 Å². The molecule has 8 heteroatoms. The Morgan fingerprint density at radius 3 is 2.74 bits per heavy atom. The van der Waals surface area contributed by atoms with Crippen LogP contribution in [0.3, 0.4) is 0 Å². The van der Waals surface area contributed by atoms with Crippen molar-refractivity contribution in [3.05, 3.63) is 68.4 Å². The summed E-state index contributed by atoms with van der Waals surface area (Å²) in [6.07, 6.45) is 5.80. The predicted molar refractivity (Wildman–Crippen MR) is 119 cm³/mol. The molecular formula is C19H17IN6S. The van der Waals surface area contributed by atoms with Crippen molar-refractivity contribution >= 4 is 51.5 Å². The number of benzene rings is 1. The molecule has 3 N–H and O–H groups in total. The van der Waals surface area contributed by atoms with Crippen molar-refractivity contribution < 1.29 is 0 Å². The molecular weight excluding hydrogens is 471 g/mol. The van der Waals surface area contributed by atoms with Crippen molar-refractivity contribution in [1.29, 1.82) is 0 Å². The van der Waals surface area contributed by atoms with Crippen LogP contribution in [0, 0.1) is 3.57 Å². The number of hydrogen-bond donors (Lipinski definition) is 2. The first-order chi connectivity index (χ1) is 13.1. The van der Waals surface area contributed by atoms with Crippen molar-refractivity contribution in [3.63, 3.8) is 0 Å². The van der Waals surface area contributed by atoms with E-state index >= 15 is 0 Å². The van der Waals surface area contributed by atoms with E-state index in [1.807, 2.05) is 53.2 Å². The number of pyridine rings is 1. The molecule has 136 valence electrons. The standard InChI is InChI=1S/C19H17IN6S/c1-12(21)17-11-27-19(24-17)8-22-25-15-5-2-13(3-6-15)16-10-26-9-14(20)4-7-18(26)23-16/h2-12,25H,21H2,1H3/b22-8+. The van der Waals surface area contributed by atoms with E-state index in [0.29, 0.717) is 0 Å². The maximum atomic E-state index is 5.82. The van der Waals surface area contributed by atoms with Crippen LogP contribution in [0.15, 0.2) is 59.3 Å². The van der Waals surface area contributed by atoms with E-state index in [2.05, 4.69) is 55.3 Å². The Balaban J connectivity index is 1.45. The Hall–Kier alpha value is -2.30. The molecule has 4 aromatic rings. The molecule has 1 atom stereocenters. The van der Waals surface area contributed by atoms with Crippen LogP contribution in [0.2, 0.25) is 0 Å². The first-order valence-electron chi connectivity index (χ1n) is 8.33. The zero-order chi connectivity index (χ0) is 18.8. The lowest BCUT2D eigenvalue weighted by molar-refractivity contribution is 0.789. The van der Waals surface area contributed by atoms with E-state index in [-0.39, 0.29) is 6.04 Å². The summed E-state index contributed by atoms with van der Waals surface area (Å²) in [5.41, 5.74) is 13.6. The van der Waals surface area contributed by atoms with E-state index in [0.717, 1.165) is 33.3 Å². The summed E-state index contributed by atoms with van der Waals surface area (Å²) >= 11 is 3.82. The lowest BCUT2D eigenvalue weighted by Crippen LogP contribution is -2.05. The van der Waals surface area contributed by atoms with Gasteiger partial charge in [0.2, 0.25) is 0 Å². The van der Waals surface area contributed by atoms with Gasteiger partial charge in [-0.25, -0.2) is 9.97 Å². The predicted octanol–water partition coefficient (Wildman–Crippen LogP) is 4.53. The van der Waals surface area contributed by atoms with Gasteiger partial charge in [-0.2, -0.15) is 5.10 Å². The number of nitrogens with one attached hydrogen (secondary N) is 1. The van der Waals surface area contributed by atoms with Gasteiger partial charge in [0, 0.05) is 32.9 Å². The van der Waals surface area contributed by atoms with E-state index < -0.39 is 0 Å². The van der Waals surface area contributed by atoms with Gasteiger partial charge in [-0.3, -0.25) is 5.43 Å². The van der Waals surface area contributed by atoms with Crippen molar-refractivity contribution in [2.45, 2.75) is 13.0 Å². The largest absolute Gasteiger partial charge is 0.323 e. The molecule has 0 saturated heterocycles. The summed E-state index contributed by atoms with van der Waals surface area (Å²) in [7, 11) is 0. The van der Waals surface area contributed by atoms with Gasteiger partial charge in [-0.15, -0.1) is 11.3 Å². The second kappa shape index (κ2) is 7.75. The van der Waals surface area contributed by atoms with Gasteiger partial charge >= 0.3 is 0 Å². The fourth-order valence-electron chi connectivity index (χ4n) is 2.55. The number of anilines is 1. The van der Waals surface area contributed by atoms with Crippen molar-refractivity contribution in [2.75, 3.05) is 5.43 Å². The van der Waals surface area contributed by atoms with E-state index in [1.54, 1.807) is 6.21 Å². The smallest absolute Gasteiger partial charge is 0.137 e. The number of hydrogen-bond acceptors (Lipinski definition) is 6. The van der Waals surface area contributed by atoms with Crippen LogP contribution in [0.5, 0.6) is 0 Å². The number of rotatable bonds is 5. The molecule has 0 amide bonds. The number of thiazole rings is 1. The zero-order valence-corrected chi connectivity index (χ0v) is 17.5. The molecule has 0 aliphatic heterocycles. The molecule has 0 spiro atoms. The van der Waals surface area contributed by atoms with Gasteiger partial charge in [-0.1, -0.05) is 12.1 Å². The van der Waals surface area contributed by atoms with Crippen molar-refractivity contribution in [3.8, 4) is 11.3 Å². The van der Waals surface area contributed by atoms with Gasteiger partial charge in [0.25, 0.3) is 0 Å². The molecule has 0 fully saturated rings. The lowest BCUT2D eigenvalue weighted by atomic mass is 10.1. The molecule has 4 rings (SSSR count). The lowest BCUT2D eigenvalue weighted by Gasteiger charge is -2.01. The van der Waals surface area contributed by atoms with Gasteiger partial charge in [0.05, 0.1) is 23.3 Å². The molecule has 0 aliphatic rings. The maximum absolute atomic E-state index is 5.82. The molecule has 6 nitrogen and oxygen atoms in total. The van der Waals surface area contributed by atoms with Gasteiger partial charge in [0.15, 0.2) is 0 Å². The number of nitrogens with zero attached hydrogens (tertiary/aromatic N) is 4. The molecule has 1 unspecified atom stereocenters. The average molecular weight is 488 g/mol. The molecule has 3 heterocycles. The Morgan fingerprint density at radius 1 is 1.19 bits per heavy atom. The summed E-state index contributed by atoms with van der Waals surface area (Å²) in [5, 5.41) is 7.02. The van der Waals surface area contributed by atoms with E-state index in [4.69, 9.17) is 5.73 Å². The van der Waals surface area contributed by atoms with Crippen molar-refractivity contribution in [2.24, 2.45) is 10.8 Å². The SMILES string of the molecule is CC(N)c1csc(/C=N/Nc2ccc(-c3cn4cc(I)ccc4n3)cc2)n1. The average Bonchev–Trinajstić information content (AvgIpc) is 3.29. The number of halogens is 1. The first kappa shape index (κ1) is 18.1. The third kappa shape index (κ3) is 4.18. The highest BCUT2D eigenvalue weighted by Gasteiger charge is 2.05. The van der Waals surface area contributed by atoms with Crippen LogP contribution in [0.25, 0.3) is 16.9 Å². The number of aromatic nitrogens is 3. The highest BCUT2D eigenvalue weighted by molar-refractivity contribution is 14.1. The Labute approximate surface area is 174 Å². The number of imidazole rings is 1. The summed E-state index contributed by atoms with van der Waals surface area (Å²) < 4.78 is 3.22. The fourth-order valence-corrected chi connectivity index (χ4v) is 3.81. The van der Waals surface area contributed by atoms with Crippen LogP contribution < -0.4 is 11.2 Å². The molecule has 3 aromatic heterocycles. The van der Waals surface area contributed by atoms with Crippen LogP contribution in [-0.4, -0.2) is 20.6 Å². The molecule has 0 bridgehead atoms. The molecule has 0 radical (unpaired) electrons. The number of nitrogens with two attached hydrogens (primary N) is 1. The normalized spacial score (nSPS) is 12.7. The van der Waals surface area contributed by atoms with E-state index in [1.165, 1.54) is 14.9 Å². The minimum Gasteiger partial charge on any atom is -0.323 e. The minimum atomic E-state index is -0.0630. The number of fused-ring (bicyclic) bond motifs is 1. The first-order valence-corrected chi connectivity index (χ1v) is 10.3. The van der Waals surface area contributed by atoms with Crippen LogP contribution in [0.4, 0.5) is 5.69 Å². The highest BCUT2D eigenvalue weighted by atomic mass is 127. The van der Waals surface area contributed by atoms with Crippen molar-refractivity contribution in [1.82, 2.24) is 14.4 Å². The van der Waals surface area contributed by atoms with E-state index in [9.17, 15) is 0 Å². The molecule has 1 aromatic carbocycles. The monoisotopic (exact) mass is 488 g/mol. The van der Waals surface area contributed by atoms with Gasteiger partial charge in [-0.05, 0) is 53.8 Å². The number of hydrazone groups is 1. The summed E-state index contributed by atoms with van der Waals surface area (Å²) in [6, 6.07) is 12.0.